The van der Waals surface area contributed by atoms with Crippen molar-refractivity contribution in [2.24, 2.45) is 5.73 Å². The number of rotatable bonds is 3. The highest BCUT2D eigenvalue weighted by atomic mass is 16.1. The second-order valence-corrected chi connectivity index (χ2v) is 6.10. The van der Waals surface area contributed by atoms with Crippen molar-refractivity contribution in [1.29, 1.82) is 0 Å². The highest BCUT2D eigenvalue weighted by Gasteiger charge is 2.12. The Bertz CT molecular complexity index is 876. The van der Waals surface area contributed by atoms with E-state index in [4.69, 9.17) is 5.73 Å². The number of nitrogens with two attached hydrogens (primary N) is 1. The number of primary amides is 1. The van der Waals surface area contributed by atoms with Crippen molar-refractivity contribution < 1.29 is 4.79 Å². The summed E-state index contributed by atoms with van der Waals surface area (Å²) in [6.45, 7) is 4.13. The zero-order chi connectivity index (χ0) is 16.5. The molecule has 0 spiro atoms. The molecular weight excluding hydrogens is 300 g/mol. The lowest BCUT2D eigenvalue weighted by Gasteiger charge is -2.29. The molecule has 0 atom stereocenters. The van der Waals surface area contributed by atoms with Crippen LogP contribution in [0.5, 0.6) is 0 Å². The minimum Gasteiger partial charge on any atom is -0.369 e. The number of nitrogens with one attached hydrogen (secondary N) is 2. The smallest absolute Gasteiger partial charge is 0.250 e. The van der Waals surface area contributed by atoms with Gasteiger partial charge in [-0.3, -0.25) is 4.79 Å². The zero-order valence-corrected chi connectivity index (χ0v) is 13.4. The predicted octanol–water partition coefficient (Wildman–Crippen LogP) is 2.34. The number of fused-ring (bicyclic) bond motifs is 1. The van der Waals surface area contributed by atoms with Crippen LogP contribution in [0.3, 0.4) is 0 Å². The fourth-order valence-corrected chi connectivity index (χ4v) is 3.29. The summed E-state index contributed by atoms with van der Waals surface area (Å²) in [6.07, 6.45) is 0. The van der Waals surface area contributed by atoms with E-state index in [9.17, 15) is 4.79 Å². The number of hydrogen-bond donors (Lipinski definition) is 3. The van der Waals surface area contributed by atoms with E-state index in [0.29, 0.717) is 5.56 Å². The number of carbonyl (C=O) groups is 1. The second kappa shape index (κ2) is 6.02. The summed E-state index contributed by atoms with van der Waals surface area (Å²) >= 11 is 0. The molecule has 0 radical (unpaired) electrons. The Hall–Kier alpha value is -2.79. The van der Waals surface area contributed by atoms with Crippen LogP contribution in [-0.2, 0) is 0 Å². The number of aromatic amines is 1. The van der Waals surface area contributed by atoms with Gasteiger partial charge in [0.2, 0.25) is 0 Å². The first-order valence-electron chi connectivity index (χ1n) is 8.20. The second-order valence-electron chi connectivity index (χ2n) is 6.10. The first-order valence-corrected chi connectivity index (χ1v) is 8.20. The van der Waals surface area contributed by atoms with Crippen LogP contribution in [0.4, 0.5) is 5.69 Å². The van der Waals surface area contributed by atoms with Crippen molar-refractivity contribution in [3.63, 3.8) is 0 Å². The fourth-order valence-electron chi connectivity index (χ4n) is 3.29. The number of amides is 1. The molecule has 1 aliphatic rings. The summed E-state index contributed by atoms with van der Waals surface area (Å²) in [4.78, 5) is 17.3. The molecule has 5 nitrogen and oxygen atoms in total. The molecule has 1 saturated heterocycles. The lowest BCUT2D eigenvalue weighted by atomic mass is 10.1. The van der Waals surface area contributed by atoms with Gasteiger partial charge in [-0.2, -0.15) is 0 Å². The van der Waals surface area contributed by atoms with E-state index >= 15 is 0 Å². The van der Waals surface area contributed by atoms with E-state index in [1.165, 1.54) is 5.69 Å². The van der Waals surface area contributed by atoms with E-state index in [2.05, 4.69) is 45.5 Å². The van der Waals surface area contributed by atoms with Gasteiger partial charge in [-0.25, -0.2) is 0 Å². The van der Waals surface area contributed by atoms with Gasteiger partial charge in [0, 0.05) is 42.9 Å². The highest BCUT2D eigenvalue weighted by Crippen LogP contribution is 2.28. The number of hydrogen-bond acceptors (Lipinski definition) is 3. The largest absolute Gasteiger partial charge is 0.369 e. The van der Waals surface area contributed by atoms with Gasteiger partial charge in [-0.05, 0) is 29.8 Å². The average Bonchev–Trinajstić information content (AvgIpc) is 3.06. The Morgan fingerprint density at radius 2 is 1.79 bits per heavy atom. The van der Waals surface area contributed by atoms with Crippen molar-refractivity contribution in [3.8, 4) is 11.3 Å². The molecule has 1 amide bonds. The van der Waals surface area contributed by atoms with Gasteiger partial charge in [-0.15, -0.1) is 0 Å². The molecule has 2 aromatic carbocycles. The SMILES string of the molecule is NC(=O)c1cccc2cc(-c3ccc(N4CCNCC4)cc3)[nH]c12. The third kappa shape index (κ3) is 2.63. The number of benzene rings is 2. The van der Waals surface area contributed by atoms with Crippen molar-refractivity contribution in [3.05, 3.63) is 54.1 Å². The Balaban J connectivity index is 1.67. The minimum absolute atomic E-state index is 0.414. The Labute approximate surface area is 140 Å². The Morgan fingerprint density at radius 1 is 1.04 bits per heavy atom. The highest BCUT2D eigenvalue weighted by molar-refractivity contribution is 6.06. The monoisotopic (exact) mass is 320 g/mol. The molecule has 1 aliphatic heterocycles. The summed E-state index contributed by atoms with van der Waals surface area (Å²) in [6, 6.07) is 16.2. The number of H-pyrrole nitrogens is 1. The number of carbonyl (C=O) groups excluding carboxylic acids is 1. The minimum atomic E-state index is -0.414. The molecule has 4 rings (SSSR count). The maximum Gasteiger partial charge on any atom is 0.250 e. The third-order valence-corrected chi connectivity index (χ3v) is 4.58. The maximum atomic E-state index is 11.6. The number of aromatic nitrogens is 1. The first-order chi connectivity index (χ1) is 11.7. The van der Waals surface area contributed by atoms with Crippen LogP contribution in [0, 0.1) is 0 Å². The van der Waals surface area contributed by atoms with Crippen LogP contribution >= 0.6 is 0 Å². The van der Waals surface area contributed by atoms with Crippen LogP contribution in [-0.4, -0.2) is 37.1 Å². The zero-order valence-electron chi connectivity index (χ0n) is 13.4. The number of nitrogens with zero attached hydrogens (tertiary/aromatic N) is 1. The molecule has 4 N–H and O–H groups in total. The van der Waals surface area contributed by atoms with Gasteiger partial charge < -0.3 is 20.9 Å². The summed E-state index contributed by atoms with van der Waals surface area (Å²) in [5.74, 6) is -0.414. The van der Waals surface area contributed by atoms with E-state index in [1.807, 2.05) is 12.1 Å². The first kappa shape index (κ1) is 14.8. The topological polar surface area (TPSA) is 74.2 Å². The Morgan fingerprint density at radius 3 is 2.50 bits per heavy atom. The van der Waals surface area contributed by atoms with Crippen LogP contribution in [0.2, 0.25) is 0 Å². The molecule has 0 aliphatic carbocycles. The van der Waals surface area contributed by atoms with Crippen molar-refractivity contribution in [1.82, 2.24) is 10.3 Å². The quantitative estimate of drug-likeness (QED) is 0.693. The van der Waals surface area contributed by atoms with E-state index < -0.39 is 5.91 Å². The lowest BCUT2D eigenvalue weighted by molar-refractivity contribution is 0.100. The number of para-hydroxylation sites is 1. The van der Waals surface area contributed by atoms with E-state index in [1.54, 1.807) is 6.07 Å². The molecule has 1 fully saturated rings. The summed E-state index contributed by atoms with van der Waals surface area (Å²) in [5.41, 5.74) is 10.1. The van der Waals surface area contributed by atoms with Gasteiger partial charge in [0.1, 0.15) is 0 Å². The molecule has 2 heterocycles. The molecule has 122 valence electrons. The average molecular weight is 320 g/mol. The molecule has 3 aromatic rings. The van der Waals surface area contributed by atoms with Crippen molar-refractivity contribution in [2.75, 3.05) is 31.1 Å². The van der Waals surface area contributed by atoms with Crippen LogP contribution in [0.25, 0.3) is 22.2 Å². The molecule has 5 heteroatoms. The molecule has 1 aromatic heterocycles. The normalized spacial score (nSPS) is 14.9. The van der Waals surface area contributed by atoms with E-state index in [0.717, 1.165) is 48.3 Å². The van der Waals surface area contributed by atoms with E-state index in [-0.39, 0.29) is 0 Å². The summed E-state index contributed by atoms with van der Waals surface area (Å²) < 4.78 is 0. The standard InChI is InChI=1S/C19H20N4O/c20-19(24)16-3-1-2-14-12-17(22-18(14)16)13-4-6-15(7-5-13)23-10-8-21-9-11-23/h1-7,12,21-22H,8-11H2,(H2,20,24). The van der Waals surface area contributed by atoms with Gasteiger partial charge >= 0.3 is 0 Å². The van der Waals surface area contributed by atoms with Gasteiger partial charge in [0.15, 0.2) is 0 Å². The summed E-state index contributed by atoms with van der Waals surface area (Å²) in [7, 11) is 0. The molecule has 0 bridgehead atoms. The van der Waals surface area contributed by atoms with Gasteiger partial charge in [-0.1, -0.05) is 24.3 Å². The predicted molar refractivity (Wildman–Crippen MR) is 97.3 cm³/mol. The van der Waals surface area contributed by atoms with Gasteiger partial charge in [0.05, 0.1) is 11.1 Å². The number of anilines is 1. The lowest BCUT2D eigenvalue weighted by Crippen LogP contribution is -2.43. The maximum absolute atomic E-state index is 11.6. The van der Waals surface area contributed by atoms with Crippen LogP contribution < -0.4 is 16.0 Å². The molecule has 0 saturated carbocycles. The van der Waals surface area contributed by atoms with Crippen molar-refractivity contribution in [2.45, 2.75) is 0 Å². The van der Waals surface area contributed by atoms with Crippen LogP contribution in [0.1, 0.15) is 10.4 Å². The molecule has 0 unspecified atom stereocenters. The van der Waals surface area contributed by atoms with Crippen molar-refractivity contribution >= 4 is 22.5 Å². The van der Waals surface area contributed by atoms with Crippen LogP contribution in [0.15, 0.2) is 48.5 Å². The summed E-state index contributed by atoms with van der Waals surface area (Å²) in [5, 5.41) is 4.36. The Kier molecular flexibility index (Phi) is 3.70. The third-order valence-electron chi connectivity index (χ3n) is 4.58. The molecule has 24 heavy (non-hydrogen) atoms. The van der Waals surface area contributed by atoms with Gasteiger partial charge in [0.25, 0.3) is 5.91 Å². The number of piperazine rings is 1. The fraction of sp³-hybridized carbons (Fsp3) is 0.211. The molecular formula is C19H20N4O.